The van der Waals surface area contributed by atoms with Crippen LogP contribution in [0.4, 0.5) is 5.69 Å². The highest BCUT2D eigenvalue weighted by molar-refractivity contribution is 8.13. The number of hydrogen-bond acceptors (Lipinski definition) is 2. The summed E-state index contributed by atoms with van der Waals surface area (Å²) in [7, 11) is 4.02. The summed E-state index contributed by atoms with van der Waals surface area (Å²) < 4.78 is 0. The number of aryl methyl sites for hydroxylation is 1. The lowest BCUT2D eigenvalue weighted by atomic mass is 10.2. The van der Waals surface area contributed by atoms with Gasteiger partial charge >= 0.3 is 0 Å². The van der Waals surface area contributed by atoms with E-state index in [1.54, 1.807) is 11.8 Å². The molecule has 0 saturated heterocycles. The molecule has 23 heavy (non-hydrogen) atoms. The molecule has 0 N–H and O–H groups in total. The molecule has 0 aliphatic heterocycles. The maximum atomic E-state index is 4.81. The fourth-order valence-corrected chi connectivity index (χ4v) is 2.63. The van der Waals surface area contributed by atoms with Crippen molar-refractivity contribution in [2.75, 3.05) is 19.8 Å². The molecule has 0 saturated carbocycles. The molecule has 0 fully saturated rings. The number of rotatable bonds is 3. The van der Waals surface area contributed by atoms with Crippen molar-refractivity contribution in [3.05, 3.63) is 65.7 Å². The molecule has 2 rings (SSSR count). The molecule has 120 valence electrons. The van der Waals surface area contributed by atoms with Crippen LogP contribution < -0.4 is 0 Å². The highest BCUT2D eigenvalue weighted by Gasteiger charge is 2.07. The molecule has 0 bridgehead atoms. The molecular weight excluding hydrogens is 302 g/mol. The number of hydrogen-bond donors (Lipinski definition) is 0. The van der Waals surface area contributed by atoms with Crippen molar-refractivity contribution >= 4 is 28.5 Å². The van der Waals surface area contributed by atoms with Gasteiger partial charge in [0.05, 0.1) is 5.69 Å². The molecule has 0 radical (unpaired) electrons. The Morgan fingerprint density at radius 1 is 1.00 bits per heavy atom. The smallest absolute Gasteiger partial charge is 0.165 e. The third-order valence-corrected chi connectivity index (χ3v) is 4.16. The molecule has 0 aliphatic carbocycles. The molecule has 4 heteroatoms. The van der Waals surface area contributed by atoms with E-state index in [1.807, 2.05) is 61.5 Å². The summed E-state index contributed by atoms with van der Waals surface area (Å²) in [6.45, 7) is 4.20. The highest BCUT2D eigenvalue weighted by Crippen LogP contribution is 2.17. The normalized spacial score (nSPS) is 12.3. The summed E-state index contributed by atoms with van der Waals surface area (Å²) in [6, 6.07) is 18.3. The Morgan fingerprint density at radius 2 is 1.65 bits per heavy atom. The van der Waals surface area contributed by atoms with Crippen LogP contribution in [0.2, 0.25) is 0 Å². The Balaban J connectivity index is 2.47. The van der Waals surface area contributed by atoms with Gasteiger partial charge in [-0.2, -0.15) is 0 Å². The van der Waals surface area contributed by atoms with E-state index in [2.05, 4.69) is 26.0 Å². The van der Waals surface area contributed by atoms with Gasteiger partial charge in [-0.3, -0.25) is 0 Å². The zero-order valence-electron chi connectivity index (χ0n) is 14.2. The summed E-state index contributed by atoms with van der Waals surface area (Å²) in [5.74, 6) is 1.71. The molecule has 0 aliphatic rings. The van der Waals surface area contributed by atoms with Crippen LogP contribution in [0.3, 0.4) is 0 Å². The van der Waals surface area contributed by atoms with Crippen LogP contribution in [0.15, 0.2) is 64.6 Å². The number of benzene rings is 2. The maximum Gasteiger partial charge on any atom is 0.165 e. The topological polar surface area (TPSA) is 28.0 Å². The third kappa shape index (κ3) is 5.25. The Labute approximate surface area is 143 Å². The first-order valence-electron chi connectivity index (χ1n) is 7.69. The van der Waals surface area contributed by atoms with Crippen LogP contribution in [-0.4, -0.2) is 35.8 Å². The zero-order valence-corrected chi connectivity index (χ0v) is 15.0. The van der Waals surface area contributed by atoms with Crippen LogP contribution in [0, 0.1) is 6.92 Å². The molecule has 2 aromatic carbocycles. The number of thioether (sulfide) groups is 1. The van der Waals surface area contributed by atoms with E-state index in [-0.39, 0.29) is 0 Å². The van der Waals surface area contributed by atoms with Gasteiger partial charge in [0.1, 0.15) is 0 Å². The van der Waals surface area contributed by atoms with E-state index in [0.29, 0.717) is 0 Å². The van der Waals surface area contributed by atoms with E-state index in [1.165, 1.54) is 5.56 Å². The minimum absolute atomic E-state index is 0.735. The molecule has 2 aromatic rings. The highest BCUT2D eigenvalue weighted by atomic mass is 32.2. The van der Waals surface area contributed by atoms with Crippen molar-refractivity contribution in [3.63, 3.8) is 0 Å². The summed E-state index contributed by atoms with van der Waals surface area (Å²) in [4.78, 5) is 11.6. The first-order chi connectivity index (χ1) is 11.1. The van der Waals surface area contributed by atoms with Crippen molar-refractivity contribution in [2.24, 2.45) is 9.98 Å². The molecule has 0 atom stereocenters. The van der Waals surface area contributed by atoms with Gasteiger partial charge in [-0.15, -0.1) is 0 Å². The summed E-state index contributed by atoms with van der Waals surface area (Å²) in [6.07, 6.45) is 0. The van der Waals surface area contributed by atoms with Crippen molar-refractivity contribution in [3.8, 4) is 0 Å². The zero-order chi connectivity index (χ0) is 16.7. The molecular formula is C19H23N3S. The van der Waals surface area contributed by atoms with Crippen LogP contribution in [-0.2, 0) is 0 Å². The van der Waals surface area contributed by atoms with Gasteiger partial charge in [-0.1, -0.05) is 66.7 Å². The lowest BCUT2D eigenvalue weighted by molar-refractivity contribution is 0.637. The number of nitrogens with zero attached hydrogens (tertiary/aromatic N) is 3. The van der Waals surface area contributed by atoms with Gasteiger partial charge in [0.2, 0.25) is 0 Å². The van der Waals surface area contributed by atoms with E-state index < -0.39 is 0 Å². The SMILES string of the molecule is CCSC(=NC(=Nc1ccc(C)cc1)c1ccccc1)N(C)C. The van der Waals surface area contributed by atoms with Crippen LogP contribution in [0.5, 0.6) is 0 Å². The minimum Gasteiger partial charge on any atom is -0.357 e. The van der Waals surface area contributed by atoms with E-state index in [9.17, 15) is 0 Å². The van der Waals surface area contributed by atoms with Gasteiger partial charge in [-0.05, 0) is 24.8 Å². The average molecular weight is 325 g/mol. The Hall–Kier alpha value is -2.07. The summed E-state index contributed by atoms with van der Waals surface area (Å²) >= 11 is 1.72. The Kier molecular flexibility index (Phi) is 6.41. The van der Waals surface area contributed by atoms with Crippen molar-refractivity contribution in [1.82, 2.24) is 4.90 Å². The average Bonchev–Trinajstić information content (AvgIpc) is 2.56. The first-order valence-corrected chi connectivity index (χ1v) is 8.68. The number of aliphatic imine (C=N–C) groups is 2. The summed E-state index contributed by atoms with van der Waals surface area (Å²) in [5, 5.41) is 0.960. The quantitative estimate of drug-likeness (QED) is 0.602. The van der Waals surface area contributed by atoms with Gasteiger partial charge in [0, 0.05) is 19.7 Å². The predicted molar refractivity (Wildman–Crippen MR) is 103 cm³/mol. The standard InChI is InChI=1S/C19H23N3S/c1-5-23-19(22(3)4)21-18(16-9-7-6-8-10-16)20-17-13-11-15(2)12-14-17/h6-14H,5H2,1-4H3. The predicted octanol–water partition coefficient (Wildman–Crippen LogP) is 4.74. The molecule has 0 heterocycles. The lowest BCUT2D eigenvalue weighted by Crippen LogP contribution is -2.20. The fraction of sp³-hybridized carbons (Fsp3) is 0.263. The van der Waals surface area contributed by atoms with Gasteiger partial charge in [-0.25, -0.2) is 9.98 Å². The maximum absolute atomic E-state index is 4.81. The van der Waals surface area contributed by atoms with Crippen molar-refractivity contribution in [1.29, 1.82) is 0 Å². The monoisotopic (exact) mass is 325 g/mol. The minimum atomic E-state index is 0.735. The Morgan fingerprint density at radius 3 is 2.22 bits per heavy atom. The molecule has 0 amide bonds. The van der Waals surface area contributed by atoms with Crippen molar-refractivity contribution < 1.29 is 0 Å². The number of amidine groups is 2. The molecule has 0 spiro atoms. The Bertz CT molecular complexity index is 674. The van der Waals surface area contributed by atoms with Gasteiger partial charge in [0.25, 0.3) is 0 Å². The second-order valence-electron chi connectivity index (χ2n) is 5.36. The third-order valence-electron chi connectivity index (χ3n) is 3.16. The van der Waals surface area contributed by atoms with Crippen LogP contribution in [0.1, 0.15) is 18.1 Å². The van der Waals surface area contributed by atoms with Crippen LogP contribution >= 0.6 is 11.8 Å². The summed E-state index contributed by atoms with van der Waals surface area (Å²) in [5.41, 5.74) is 3.16. The molecule has 0 aromatic heterocycles. The second-order valence-corrected chi connectivity index (χ2v) is 6.59. The van der Waals surface area contributed by atoms with Crippen LogP contribution in [0.25, 0.3) is 0 Å². The van der Waals surface area contributed by atoms with E-state index >= 15 is 0 Å². The fourth-order valence-electron chi connectivity index (χ4n) is 1.96. The largest absolute Gasteiger partial charge is 0.357 e. The van der Waals surface area contributed by atoms with Gasteiger partial charge in [0.15, 0.2) is 11.0 Å². The first kappa shape index (κ1) is 17.3. The van der Waals surface area contributed by atoms with E-state index in [4.69, 9.17) is 9.98 Å². The second kappa shape index (κ2) is 8.53. The molecule has 3 nitrogen and oxygen atoms in total. The van der Waals surface area contributed by atoms with Gasteiger partial charge < -0.3 is 4.90 Å². The lowest BCUT2D eigenvalue weighted by Gasteiger charge is -2.15. The molecule has 0 unspecified atom stereocenters. The van der Waals surface area contributed by atoms with E-state index in [0.717, 1.165) is 28.0 Å². The van der Waals surface area contributed by atoms with Crippen molar-refractivity contribution in [2.45, 2.75) is 13.8 Å².